The SMILES string of the molecule is Nc1nncc(Cl)c1OCC(F)F. The average Bonchev–Trinajstić information content (AvgIpc) is 2.03. The van der Waals surface area contributed by atoms with Gasteiger partial charge in [-0.1, -0.05) is 11.6 Å². The third kappa shape index (κ3) is 2.66. The molecule has 1 rings (SSSR count). The van der Waals surface area contributed by atoms with E-state index in [1.54, 1.807) is 0 Å². The van der Waals surface area contributed by atoms with Crippen molar-refractivity contribution in [3.63, 3.8) is 0 Å². The van der Waals surface area contributed by atoms with Gasteiger partial charge >= 0.3 is 0 Å². The van der Waals surface area contributed by atoms with E-state index in [-0.39, 0.29) is 16.6 Å². The number of nitrogens with zero attached hydrogens (tertiary/aromatic N) is 2. The first kappa shape index (κ1) is 9.91. The maximum Gasteiger partial charge on any atom is 0.272 e. The van der Waals surface area contributed by atoms with E-state index in [2.05, 4.69) is 14.9 Å². The van der Waals surface area contributed by atoms with Crippen LogP contribution < -0.4 is 10.5 Å². The fraction of sp³-hybridized carbons (Fsp3) is 0.333. The van der Waals surface area contributed by atoms with Crippen molar-refractivity contribution in [2.45, 2.75) is 6.43 Å². The molecule has 7 heteroatoms. The fourth-order valence-electron chi connectivity index (χ4n) is 0.657. The molecule has 0 unspecified atom stereocenters. The Hall–Kier alpha value is -1.17. The van der Waals surface area contributed by atoms with Gasteiger partial charge in [-0.2, -0.15) is 5.10 Å². The minimum absolute atomic E-state index is 0.0584. The quantitative estimate of drug-likeness (QED) is 0.817. The van der Waals surface area contributed by atoms with Crippen molar-refractivity contribution < 1.29 is 13.5 Å². The number of hydrogen-bond acceptors (Lipinski definition) is 4. The summed E-state index contributed by atoms with van der Waals surface area (Å²) >= 11 is 5.56. The van der Waals surface area contributed by atoms with Gasteiger partial charge in [0.1, 0.15) is 11.6 Å². The Kier molecular flexibility index (Phi) is 3.18. The van der Waals surface area contributed by atoms with E-state index in [1.165, 1.54) is 6.20 Å². The summed E-state index contributed by atoms with van der Waals surface area (Å²) in [6, 6.07) is 0. The topological polar surface area (TPSA) is 61.0 Å². The summed E-state index contributed by atoms with van der Waals surface area (Å²) in [6.07, 6.45) is -1.41. The zero-order valence-corrected chi connectivity index (χ0v) is 7.13. The van der Waals surface area contributed by atoms with Gasteiger partial charge in [0.25, 0.3) is 6.43 Å². The van der Waals surface area contributed by atoms with Crippen molar-refractivity contribution in [2.75, 3.05) is 12.3 Å². The molecule has 0 saturated carbocycles. The Morgan fingerprint density at radius 1 is 1.62 bits per heavy atom. The Morgan fingerprint density at radius 2 is 2.31 bits per heavy atom. The van der Waals surface area contributed by atoms with Crippen LogP contribution in [0.2, 0.25) is 5.02 Å². The van der Waals surface area contributed by atoms with E-state index in [4.69, 9.17) is 17.3 Å². The van der Waals surface area contributed by atoms with E-state index in [0.717, 1.165) is 0 Å². The van der Waals surface area contributed by atoms with E-state index in [9.17, 15) is 8.78 Å². The van der Waals surface area contributed by atoms with Crippen LogP contribution in [0.5, 0.6) is 5.75 Å². The summed E-state index contributed by atoms with van der Waals surface area (Å²) < 4.78 is 28.1. The summed E-state index contributed by atoms with van der Waals surface area (Å²) in [5, 5.41) is 6.85. The molecule has 4 nitrogen and oxygen atoms in total. The lowest BCUT2D eigenvalue weighted by Crippen LogP contribution is -2.09. The van der Waals surface area contributed by atoms with Crippen LogP contribution in [0.4, 0.5) is 14.6 Å². The van der Waals surface area contributed by atoms with E-state index < -0.39 is 13.0 Å². The number of anilines is 1. The van der Waals surface area contributed by atoms with Crippen molar-refractivity contribution in [3.05, 3.63) is 11.2 Å². The number of halogens is 3. The Labute approximate surface area is 77.7 Å². The third-order valence-corrected chi connectivity index (χ3v) is 1.41. The number of alkyl halides is 2. The highest BCUT2D eigenvalue weighted by Crippen LogP contribution is 2.27. The van der Waals surface area contributed by atoms with Crippen LogP contribution in [0.25, 0.3) is 0 Å². The van der Waals surface area contributed by atoms with E-state index in [1.807, 2.05) is 0 Å². The molecule has 0 atom stereocenters. The van der Waals surface area contributed by atoms with Crippen molar-refractivity contribution >= 4 is 17.4 Å². The third-order valence-electron chi connectivity index (χ3n) is 1.14. The molecule has 13 heavy (non-hydrogen) atoms. The van der Waals surface area contributed by atoms with Gasteiger partial charge in [0.2, 0.25) is 0 Å². The molecule has 0 amide bonds. The van der Waals surface area contributed by atoms with Gasteiger partial charge in [0, 0.05) is 0 Å². The molecule has 1 heterocycles. The van der Waals surface area contributed by atoms with Crippen molar-refractivity contribution in [1.29, 1.82) is 0 Å². The Bertz CT molecular complexity index is 277. The first-order valence-electron chi connectivity index (χ1n) is 3.29. The number of nitrogens with two attached hydrogens (primary N) is 1. The van der Waals surface area contributed by atoms with E-state index >= 15 is 0 Å². The number of ether oxygens (including phenoxy) is 1. The normalized spacial score (nSPS) is 10.5. The van der Waals surface area contributed by atoms with Crippen LogP contribution in [0.1, 0.15) is 0 Å². The largest absolute Gasteiger partial charge is 0.482 e. The first-order valence-corrected chi connectivity index (χ1v) is 3.66. The molecule has 0 fully saturated rings. The zero-order valence-electron chi connectivity index (χ0n) is 6.38. The first-order chi connectivity index (χ1) is 6.11. The molecule has 0 aliphatic heterocycles. The van der Waals surface area contributed by atoms with Crippen molar-refractivity contribution in [3.8, 4) is 5.75 Å². The molecular formula is C6H6ClF2N3O. The molecule has 72 valence electrons. The fourth-order valence-corrected chi connectivity index (χ4v) is 0.852. The van der Waals surface area contributed by atoms with Gasteiger partial charge in [-0.3, -0.25) is 0 Å². The number of aromatic nitrogens is 2. The lowest BCUT2D eigenvalue weighted by molar-refractivity contribution is 0.0821. The minimum atomic E-state index is -2.58. The van der Waals surface area contributed by atoms with Crippen LogP contribution in [-0.2, 0) is 0 Å². The second-order valence-corrected chi connectivity index (χ2v) is 2.52. The lowest BCUT2D eigenvalue weighted by atomic mass is 10.5. The molecule has 1 aromatic heterocycles. The second-order valence-electron chi connectivity index (χ2n) is 2.11. The van der Waals surface area contributed by atoms with Crippen LogP contribution >= 0.6 is 11.6 Å². The Morgan fingerprint density at radius 3 is 2.85 bits per heavy atom. The molecule has 2 N–H and O–H groups in total. The average molecular weight is 210 g/mol. The van der Waals surface area contributed by atoms with Crippen LogP contribution in [-0.4, -0.2) is 23.2 Å². The van der Waals surface area contributed by atoms with Gasteiger partial charge in [0.05, 0.1) is 6.20 Å². The van der Waals surface area contributed by atoms with Gasteiger partial charge in [0.15, 0.2) is 11.6 Å². The summed E-state index contributed by atoms with van der Waals surface area (Å²) in [4.78, 5) is 0. The minimum Gasteiger partial charge on any atom is -0.482 e. The molecule has 0 aromatic carbocycles. The molecule has 0 saturated heterocycles. The summed E-state index contributed by atoms with van der Waals surface area (Å²) in [5.74, 6) is -0.162. The van der Waals surface area contributed by atoms with E-state index in [0.29, 0.717) is 0 Å². The summed E-state index contributed by atoms with van der Waals surface area (Å²) in [6.45, 7) is -0.768. The molecule has 0 aliphatic rings. The lowest BCUT2D eigenvalue weighted by Gasteiger charge is -2.07. The molecule has 0 spiro atoms. The number of nitrogen functional groups attached to an aromatic ring is 1. The second kappa shape index (κ2) is 4.18. The highest BCUT2D eigenvalue weighted by atomic mass is 35.5. The van der Waals surface area contributed by atoms with Gasteiger partial charge < -0.3 is 10.5 Å². The summed E-state index contributed by atoms with van der Waals surface area (Å²) in [5.41, 5.74) is 5.28. The molecule has 0 radical (unpaired) electrons. The molecule has 0 bridgehead atoms. The standard InChI is InChI=1S/C6H6ClF2N3O/c7-3-1-11-12-6(10)5(3)13-2-4(8)9/h1,4H,2H2,(H2,10,12). The maximum atomic E-state index is 11.7. The highest BCUT2D eigenvalue weighted by molar-refractivity contribution is 6.32. The molecular weight excluding hydrogens is 204 g/mol. The monoisotopic (exact) mass is 209 g/mol. The zero-order chi connectivity index (χ0) is 9.84. The van der Waals surface area contributed by atoms with Crippen LogP contribution in [0, 0.1) is 0 Å². The van der Waals surface area contributed by atoms with Crippen molar-refractivity contribution in [1.82, 2.24) is 10.2 Å². The molecule has 1 aromatic rings. The maximum absolute atomic E-state index is 11.7. The summed E-state index contributed by atoms with van der Waals surface area (Å²) in [7, 11) is 0. The van der Waals surface area contributed by atoms with Crippen molar-refractivity contribution in [2.24, 2.45) is 0 Å². The van der Waals surface area contributed by atoms with Gasteiger partial charge in [-0.15, -0.1) is 5.10 Å². The van der Waals surface area contributed by atoms with Crippen LogP contribution in [0.15, 0.2) is 6.20 Å². The van der Waals surface area contributed by atoms with Crippen LogP contribution in [0.3, 0.4) is 0 Å². The molecule has 0 aliphatic carbocycles. The van der Waals surface area contributed by atoms with Gasteiger partial charge in [-0.25, -0.2) is 8.78 Å². The smallest absolute Gasteiger partial charge is 0.272 e. The predicted molar refractivity (Wildman–Crippen MR) is 43.0 cm³/mol. The highest BCUT2D eigenvalue weighted by Gasteiger charge is 2.10. The Balaban J connectivity index is 2.75. The number of rotatable bonds is 3. The predicted octanol–water partition coefficient (Wildman–Crippen LogP) is 1.36. The van der Waals surface area contributed by atoms with Gasteiger partial charge in [-0.05, 0) is 0 Å². The number of hydrogen-bond donors (Lipinski definition) is 1.